The maximum atomic E-state index is 12.6. The predicted octanol–water partition coefficient (Wildman–Crippen LogP) is 3.64. The Kier molecular flexibility index (Phi) is 7.06. The molecule has 0 radical (unpaired) electrons. The molecule has 1 saturated heterocycles. The number of ether oxygens (including phenoxy) is 2. The molecule has 1 aliphatic heterocycles. The van der Waals surface area contributed by atoms with E-state index in [0.29, 0.717) is 35.8 Å². The first-order valence-electron chi connectivity index (χ1n) is 10.0. The van der Waals surface area contributed by atoms with Gasteiger partial charge in [0, 0.05) is 30.4 Å². The Balaban J connectivity index is 1.58. The van der Waals surface area contributed by atoms with E-state index in [0.717, 1.165) is 12.8 Å². The molecular formula is C23H26N2O5. The van der Waals surface area contributed by atoms with Crippen molar-refractivity contribution >= 4 is 29.2 Å². The average molecular weight is 410 g/mol. The van der Waals surface area contributed by atoms with Gasteiger partial charge < -0.3 is 19.7 Å². The van der Waals surface area contributed by atoms with Crippen LogP contribution < -0.4 is 15.0 Å². The van der Waals surface area contributed by atoms with Gasteiger partial charge in [0.2, 0.25) is 11.8 Å². The Morgan fingerprint density at radius 2 is 1.93 bits per heavy atom. The lowest BCUT2D eigenvalue weighted by molar-refractivity contribution is -0.122. The van der Waals surface area contributed by atoms with E-state index in [9.17, 15) is 14.4 Å². The standard InChI is InChI=1S/C23H26N2O5/c1-3-4-12-30-23(28)16-8-10-18(11-9-16)24-22(27)17-13-21(26)25(15-17)19-6-5-7-20(14-19)29-2/h5-11,14,17H,3-4,12-13,15H2,1-2H3,(H,24,27)/t17-/m0/s1. The van der Waals surface area contributed by atoms with Gasteiger partial charge in [-0.2, -0.15) is 0 Å². The number of benzene rings is 2. The largest absolute Gasteiger partial charge is 0.497 e. The predicted molar refractivity (Wildman–Crippen MR) is 114 cm³/mol. The maximum Gasteiger partial charge on any atom is 0.338 e. The molecule has 3 rings (SSSR count). The second-order valence-corrected chi connectivity index (χ2v) is 7.16. The van der Waals surface area contributed by atoms with Crippen LogP contribution in [0.2, 0.25) is 0 Å². The highest BCUT2D eigenvalue weighted by Gasteiger charge is 2.35. The summed E-state index contributed by atoms with van der Waals surface area (Å²) in [6.45, 7) is 2.73. The van der Waals surface area contributed by atoms with E-state index in [-0.39, 0.29) is 24.2 Å². The fraction of sp³-hybridized carbons (Fsp3) is 0.348. The van der Waals surface area contributed by atoms with E-state index in [1.54, 1.807) is 48.4 Å². The van der Waals surface area contributed by atoms with Gasteiger partial charge in [0.05, 0.1) is 25.2 Å². The van der Waals surface area contributed by atoms with Gasteiger partial charge in [-0.25, -0.2) is 4.79 Å². The molecule has 1 fully saturated rings. The number of rotatable bonds is 8. The molecule has 0 aliphatic carbocycles. The Hall–Kier alpha value is -3.35. The van der Waals surface area contributed by atoms with Gasteiger partial charge in [0.25, 0.3) is 0 Å². The van der Waals surface area contributed by atoms with Crippen molar-refractivity contribution in [1.82, 2.24) is 0 Å². The molecule has 2 amide bonds. The third-order valence-corrected chi connectivity index (χ3v) is 4.98. The third kappa shape index (κ3) is 5.17. The zero-order valence-corrected chi connectivity index (χ0v) is 17.2. The first-order valence-corrected chi connectivity index (χ1v) is 10.0. The van der Waals surface area contributed by atoms with Crippen LogP contribution in [0.5, 0.6) is 5.75 Å². The topological polar surface area (TPSA) is 84.9 Å². The molecule has 7 nitrogen and oxygen atoms in total. The highest BCUT2D eigenvalue weighted by molar-refractivity contribution is 6.03. The van der Waals surface area contributed by atoms with Gasteiger partial charge in [-0.1, -0.05) is 19.4 Å². The molecule has 0 bridgehead atoms. The van der Waals surface area contributed by atoms with Crippen molar-refractivity contribution in [3.05, 3.63) is 54.1 Å². The Morgan fingerprint density at radius 1 is 1.17 bits per heavy atom. The second-order valence-electron chi connectivity index (χ2n) is 7.16. The molecule has 0 aromatic heterocycles. The molecule has 1 atom stereocenters. The molecule has 0 saturated carbocycles. The van der Waals surface area contributed by atoms with Gasteiger partial charge in [-0.3, -0.25) is 9.59 Å². The van der Waals surface area contributed by atoms with Crippen LogP contribution in [-0.4, -0.2) is 38.0 Å². The van der Waals surface area contributed by atoms with Crippen LogP contribution in [0.4, 0.5) is 11.4 Å². The van der Waals surface area contributed by atoms with E-state index >= 15 is 0 Å². The number of nitrogens with zero attached hydrogens (tertiary/aromatic N) is 1. The fourth-order valence-electron chi connectivity index (χ4n) is 3.24. The van der Waals surface area contributed by atoms with Crippen LogP contribution in [-0.2, 0) is 14.3 Å². The van der Waals surface area contributed by atoms with Crippen LogP contribution in [0.3, 0.4) is 0 Å². The van der Waals surface area contributed by atoms with Crippen molar-refractivity contribution in [3.63, 3.8) is 0 Å². The summed E-state index contributed by atoms with van der Waals surface area (Å²) in [4.78, 5) is 38.6. The molecule has 0 unspecified atom stereocenters. The first kappa shape index (κ1) is 21.4. The van der Waals surface area contributed by atoms with Crippen LogP contribution >= 0.6 is 0 Å². The summed E-state index contributed by atoms with van der Waals surface area (Å²) in [7, 11) is 1.57. The van der Waals surface area contributed by atoms with Gasteiger partial charge in [-0.05, 0) is 42.8 Å². The molecular weight excluding hydrogens is 384 g/mol. The van der Waals surface area contributed by atoms with Crippen LogP contribution in [0.1, 0.15) is 36.5 Å². The Bertz CT molecular complexity index is 910. The SMILES string of the molecule is CCCCOC(=O)c1ccc(NC(=O)[C@H]2CC(=O)N(c3cccc(OC)c3)C2)cc1. The second kappa shape index (κ2) is 9.91. The number of methoxy groups -OCH3 is 1. The van der Waals surface area contributed by atoms with Crippen LogP contribution in [0, 0.1) is 5.92 Å². The fourth-order valence-corrected chi connectivity index (χ4v) is 3.24. The number of carbonyl (C=O) groups excluding carboxylic acids is 3. The normalized spacial score (nSPS) is 15.7. The summed E-state index contributed by atoms with van der Waals surface area (Å²) in [5.41, 5.74) is 1.71. The van der Waals surface area contributed by atoms with Gasteiger partial charge in [0.1, 0.15) is 5.75 Å². The lowest BCUT2D eigenvalue weighted by atomic mass is 10.1. The molecule has 2 aromatic carbocycles. The summed E-state index contributed by atoms with van der Waals surface area (Å²) in [5, 5.41) is 2.82. The number of carbonyl (C=O) groups is 3. The summed E-state index contributed by atoms with van der Waals surface area (Å²) < 4.78 is 10.4. The van der Waals surface area contributed by atoms with E-state index in [4.69, 9.17) is 9.47 Å². The molecule has 1 aliphatic rings. The number of hydrogen-bond donors (Lipinski definition) is 1. The number of nitrogens with one attached hydrogen (secondary N) is 1. The monoisotopic (exact) mass is 410 g/mol. The Morgan fingerprint density at radius 3 is 2.63 bits per heavy atom. The van der Waals surface area contributed by atoms with Crippen molar-refractivity contribution < 1.29 is 23.9 Å². The number of anilines is 2. The Labute approximate surface area is 176 Å². The van der Waals surface area contributed by atoms with Crippen LogP contribution in [0.15, 0.2) is 48.5 Å². The van der Waals surface area contributed by atoms with E-state index in [1.807, 2.05) is 19.1 Å². The quantitative estimate of drug-likeness (QED) is 0.530. The summed E-state index contributed by atoms with van der Waals surface area (Å²) in [6.07, 6.45) is 1.93. The molecule has 1 heterocycles. The molecule has 1 N–H and O–H groups in total. The van der Waals surface area contributed by atoms with Gasteiger partial charge in [-0.15, -0.1) is 0 Å². The van der Waals surface area contributed by atoms with E-state index in [2.05, 4.69) is 5.32 Å². The lowest BCUT2D eigenvalue weighted by Crippen LogP contribution is -2.28. The van der Waals surface area contributed by atoms with Crippen molar-refractivity contribution in [3.8, 4) is 5.75 Å². The minimum Gasteiger partial charge on any atom is -0.497 e. The highest BCUT2D eigenvalue weighted by atomic mass is 16.5. The summed E-state index contributed by atoms with van der Waals surface area (Å²) in [6, 6.07) is 13.8. The summed E-state index contributed by atoms with van der Waals surface area (Å²) >= 11 is 0. The zero-order valence-electron chi connectivity index (χ0n) is 17.2. The van der Waals surface area contributed by atoms with E-state index < -0.39 is 5.92 Å². The first-order chi connectivity index (χ1) is 14.5. The van der Waals surface area contributed by atoms with Crippen molar-refractivity contribution in [2.45, 2.75) is 26.2 Å². The zero-order chi connectivity index (χ0) is 21.5. The van der Waals surface area contributed by atoms with Crippen LogP contribution in [0.25, 0.3) is 0 Å². The molecule has 158 valence electrons. The average Bonchev–Trinajstić information content (AvgIpc) is 3.16. The smallest absolute Gasteiger partial charge is 0.338 e. The number of amides is 2. The number of esters is 1. The maximum absolute atomic E-state index is 12.6. The van der Waals surface area contributed by atoms with Crippen molar-refractivity contribution in [2.24, 2.45) is 5.92 Å². The lowest BCUT2D eigenvalue weighted by Gasteiger charge is -2.17. The molecule has 2 aromatic rings. The minimum absolute atomic E-state index is 0.103. The molecule has 30 heavy (non-hydrogen) atoms. The highest BCUT2D eigenvalue weighted by Crippen LogP contribution is 2.28. The minimum atomic E-state index is -0.456. The van der Waals surface area contributed by atoms with E-state index in [1.165, 1.54) is 0 Å². The number of hydrogen-bond acceptors (Lipinski definition) is 5. The molecule has 0 spiro atoms. The number of unbranched alkanes of at least 4 members (excludes halogenated alkanes) is 1. The third-order valence-electron chi connectivity index (χ3n) is 4.98. The molecule has 7 heteroatoms. The van der Waals surface area contributed by atoms with Gasteiger partial charge >= 0.3 is 5.97 Å². The van der Waals surface area contributed by atoms with Crippen molar-refractivity contribution in [1.29, 1.82) is 0 Å². The summed E-state index contributed by atoms with van der Waals surface area (Å²) in [5.74, 6) is -0.513. The van der Waals surface area contributed by atoms with Crippen molar-refractivity contribution in [2.75, 3.05) is 30.5 Å². The van der Waals surface area contributed by atoms with Gasteiger partial charge in [0.15, 0.2) is 0 Å².